The molecule has 0 aliphatic heterocycles. The number of benzene rings is 21. The molecule has 0 aromatic heterocycles. The van der Waals surface area contributed by atoms with Crippen molar-refractivity contribution in [1.29, 1.82) is 0 Å². The molecular weight excluding hydrogens is 1490 g/mol. The maximum Gasteiger partial charge on any atom is 0.0725 e. The average Bonchev–Trinajstić information content (AvgIpc) is 1.50. The predicted molar refractivity (Wildman–Crippen MR) is 522 cm³/mol. The van der Waals surface area contributed by atoms with Crippen LogP contribution in [0.3, 0.4) is 0 Å². The van der Waals surface area contributed by atoms with Crippen molar-refractivity contribution >= 4 is 64.6 Å². The van der Waals surface area contributed by atoms with Gasteiger partial charge in [-0.2, -0.15) is 0 Å². The van der Waals surface area contributed by atoms with Crippen molar-refractivity contribution in [3.05, 3.63) is 479 Å². The van der Waals surface area contributed by atoms with Gasteiger partial charge in [-0.15, -0.1) is 0 Å². The van der Waals surface area contributed by atoms with Crippen molar-refractivity contribution in [1.82, 2.24) is 0 Å². The summed E-state index contributed by atoms with van der Waals surface area (Å²) in [5.74, 6) is 0. The third-order valence-corrected chi connectivity index (χ3v) is 29.9. The van der Waals surface area contributed by atoms with Crippen LogP contribution in [-0.4, -0.2) is 0 Å². The highest BCUT2D eigenvalue weighted by Gasteiger charge is 2.52. The normalized spacial score (nSPS) is 14.6. The third-order valence-electron chi connectivity index (χ3n) is 29.9. The summed E-state index contributed by atoms with van der Waals surface area (Å²) in [6.45, 7) is 9.55. The second-order valence-electron chi connectivity index (χ2n) is 36.8. The summed E-state index contributed by atoms with van der Waals surface area (Å²) in [6, 6.07) is 157. The van der Waals surface area contributed by atoms with Crippen molar-refractivity contribution < 1.29 is 0 Å². The minimum absolute atomic E-state index is 0.0742. The lowest BCUT2D eigenvalue weighted by atomic mass is 9.70. The molecule has 21 aromatic rings. The van der Waals surface area contributed by atoms with Crippen LogP contribution in [0.5, 0.6) is 0 Å². The maximum atomic E-state index is 2.58. The second kappa shape index (κ2) is 26.3. The Hall–Kier alpha value is -14.8. The summed E-state index contributed by atoms with van der Waals surface area (Å²) in [4.78, 5) is 0. The fraction of sp³-hybridized carbons (Fsp3) is 0.0806. The molecule has 6 aliphatic rings. The Kier molecular flexibility index (Phi) is 15.1. The Balaban J connectivity index is 0.000000133. The lowest BCUT2D eigenvalue weighted by Crippen LogP contribution is -2.25. The quantitative estimate of drug-likeness (QED) is 0.146. The van der Waals surface area contributed by atoms with Gasteiger partial charge in [-0.3, -0.25) is 0 Å². The van der Waals surface area contributed by atoms with E-state index in [2.05, 4.69) is 440 Å². The van der Waals surface area contributed by atoms with Gasteiger partial charge in [0.1, 0.15) is 0 Å². The molecule has 0 nitrogen and oxygen atoms in total. The molecule has 0 fully saturated rings. The first-order chi connectivity index (χ1) is 61.0. The summed E-state index contributed by atoms with van der Waals surface area (Å²) in [5, 5.41) is 15.3. The summed E-state index contributed by atoms with van der Waals surface area (Å²) >= 11 is 0. The van der Waals surface area contributed by atoms with E-state index in [1.54, 1.807) is 0 Å². The minimum Gasteiger partial charge on any atom is -0.0620 e. The van der Waals surface area contributed by atoms with E-state index in [1.165, 1.54) is 254 Å². The lowest BCUT2D eigenvalue weighted by molar-refractivity contribution is 0.564. The molecule has 27 rings (SSSR count). The number of hydrogen-bond donors (Lipinski definition) is 0. The average molecular weight is 1570 g/mol. The van der Waals surface area contributed by atoms with Crippen molar-refractivity contribution in [2.45, 2.75) is 62.2 Å². The molecule has 21 aromatic carbocycles. The molecule has 0 heterocycles. The largest absolute Gasteiger partial charge is 0.0725 e. The molecule has 0 saturated carbocycles. The van der Waals surface area contributed by atoms with Gasteiger partial charge in [0.25, 0.3) is 0 Å². The molecule has 0 radical (unpaired) electrons. The van der Waals surface area contributed by atoms with Crippen LogP contribution in [0.15, 0.2) is 413 Å². The standard InChI is InChI=1S/C64H42.C60H42/c1-63(2)55-23-11-7-17-45(55)49-32-30-43(37-59(49)63)62-52-22-6-5-21-51(52)61(53-34-29-42(36-54(53)62)41-28-27-39-15-3-4-16-40(39)35-41)44-31-33-50-48-20-10-14-26-58(48)64(60(50)38-44)56-24-12-8-18-46(56)47-19-9-13-25-57(47)64;1-59(2)53-21-11-9-17-45(53)47-28-26-41(33-55(47)59)58-50-20-8-7-19-49(50)57(51-30-25-40(32-52(51)58)39-24-23-37-13-3-4-14-38(37)31-39)42-27-29-48-46-18-10-12-22-54(46)60(56(48)34-42)35-43-15-5-6-16-44(43)36-60/h3-38H,1-2H3;3-34H,35-36H2,1-2H3. The highest BCUT2D eigenvalue weighted by Crippen LogP contribution is 2.65. The summed E-state index contributed by atoms with van der Waals surface area (Å²) in [6.07, 6.45) is 2.06. The zero-order valence-corrected chi connectivity index (χ0v) is 69.7. The van der Waals surface area contributed by atoms with E-state index in [4.69, 9.17) is 0 Å². The van der Waals surface area contributed by atoms with Crippen LogP contribution in [0.1, 0.15) is 94.5 Å². The van der Waals surface area contributed by atoms with E-state index in [-0.39, 0.29) is 16.2 Å². The Morgan fingerprint density at radius 3 is 0.831 bits per heavy atom. The van der Waals surface area contributed by atoms with Gasteiger partial charge in [-0.05, 0) is 315 Å². The Labute approximate surface area is 723 Å². The van der Waals surface area contributed by atoms with E-state index in [0.717, 1.165) is 12.8 Å². The van der Waals surface area contributed by atoms with Crippen LogP contribution < -0.4 is 0 Å². The van der Waals surface area contributed by atoms with Crippen LogP contribution in [-0.2, 0) is 34.5 Å². The highest BCUT2D eigenvalue weighted by molar-refractivity contribution is 6.24. The van der Waals surface area contributed by atoms with Crippen molar-refractivity contribution in [3.8, 4) is 122 Å². The van der Waals surface area contributed by atoms with Crippen molar-refractivity contribution in [2.75, 3.05) is 0 Å². The van der Waals surface area contributed by atoms with Gasteiger partial charge in [-0.25, -0.2) is 0 Å². The molecule has 0 unspecified atom stereocenters. The van der Waals surface area contributed by atoms with Gasteiger partial charge in [0, 0.05) is 16.2 Å². The van der Waals surface area contributed by atoms with Crippen LogP contribution in [0, 0.1) is 0 Å². The minimum atomic E-state index is -0.418. The lowest BCUT2D eigenvalue weighted by Gasteiger charge is -2.31. The van der Waals surface area contributed by atoms with E-state index >= 15 is 0 Å². The summed E-state index contributed by atoms with van der Waals surface area (Å²) in [7, 11) is 0. The molecular formula is C124H84. The van der Waals surface area contributed by atoms with Crippen LogP contribution in [0.4, 0.5) is 0 Å². The van der Waals surface area contributed by atoms with Gasteiger partial charge in [0.15, 0.2) is 0 Å². The Morgan fingerprint density at radius 1 is 0.161 bits per heavy atom. The van der Waals surface area contributed by atoms with Crippen molar-refractivity contribution in [3.63, 3.8) is 0 Å². The second-order valence-corrected chi connectivity index (χ2v) is 36.8. The third kappa shape index (κ3) is 9.97. The predicted octanol–water partition coefficient (Wildman–Crippen LogP) is 32.3. The molecule has 0 amide bonds. The van der Waals surface area contributed by atoms with Crippen LogP contribution in [0.25, 0.3) is 187 Å². The summed E-state index contributed by atoms with van der Waals surface area (Å²) in [5.41, 5.74) is 44.9. The van der Waals surface area contributed by atoms with Gasteiger partial charge in [0.2, 0.25) is 0 Å². The smallest absolute Gasteiger partial charge is 0.0620 e. The van der Waals surface area contributed by atoms with E-state index in [0.29, 0.717) is 0 Å². The first-order valence-corrected chi connectivity index (χ1v) is 44.2. The van der Waals surface area contributed by atoms with E-state index in [1.807, 2.05) is 0 Å². The monoisotopic (exact) mass is 1570 g/mol. The first-order valence-electron chi connectivity index (χ1n) is 44.2. The first kappa shape index (κ1) is 71.0. The van der Waals surface area contributed by atoms with Crippen LogP contribution in [0.2, 0.25) is 0 Å². The van der Waals surface area contributed by atoms with E-state index < -0.39 is 5.41 Å². The molecule has 6 aliphatic carbocycles. The van der Waals surface area contributed by atoms with Crippen molar-refractivity contribution in [2.24, 2.45) is 0 Å². The zero-order valence-electron chi connectivity index (χ0n) is 69.7. The SMILES string of the molecule is CC1(C)c2ccccc2-c2ccc(-c3c4ccccc4c(-c4ccc5c(c4)C4(Cc6ccccc6C4)c4ccccc4-5)c4ccc(-c5ccc6ccccc6c5)cc34)cc21.CC1(C)c2ccccc2-c2ccc(-c3c4ccccc4c(-c4ccc5c(c4)C4(c6ccccc6-c6ccccc64)c4ccccc4-5)c4ccc(-c5ccc6ccccc6c5)cc34)cc21. The van der Waals surface area contributed by atoms with Gasteiger partial charge in [-0.1, -0.05) is 392 Å². The van der Waals surface area contributed by atoms with E-state index in [9.17, 15) is 0 Å². The molecule has 0 saturated heterocycles. The fourth-order valence-corrected chi connectivity index (χ4v) is 24.3. The molecule has 0 atom stereocenters. The molecule has 580 valence electrons. The Bertz CT molecular complexity index is 8160. The molecule has 0 bridgehead atoms. The van der Waals surface area contributed by atoms with Gasteiger partial charge >= 0.3 is 0 Å². The molecule has 2 spiro atoms. The number of fused-ring (bicyclic) bond motifs is 28. The topological polar surface area (TPSA) is 0 Å². The summed E-state index contributed by atoms with van der Waals surface area (Å²) < 4.78 is 0. The number of rotatable bonds is 6. The van der Waals surface area contributed by atoms with Gasteiger partial charge < -0.3 is 0 Å². The molecule has 0 N–H and O–H groups in total. The number of hydrogen-bond acceptors (Lipinski definition) is 0. The fourth-order valence-electron chi connectivity index (χ4n) is 24.3. The highest BCUT2D eigenvalue weighted by atomic mass is 14.5. The molecule has 0 heteroatoms. The van der Waals surface area contributed by atoms with Crippen LogP contribution >= 0.6 is 0 Å². The maximum absolute atomic E-state index is 2.58. The van der Waals surface area contributed by atoms with Gasteiger partial charge in [0.05, 0.1) is 5.41 Å². The Morgan fingerprint density at radius 2 is 0.419 bits per heavy atom. The zero-order chi connectivity index (χ0) is 82.1. The molecule has 124 heavy (non-hydrogen) atoms.